The number of Topliss-reactive ketones (excluding diaryl/α,β-unsaturated/α-hetero) is 1. The number of hydrogen-bond acceptors (Lipinski definition) is 6. The molecule has 0 spiro atoms. The van der Waals surface area contributed by atoms with E-state index in [0.29, 0.717) is 17.0 Å². The highest BCUT2D eigenvalue weighted by atomic mass is 16.5. The lowest BCUT2D eigenvalue weighted by Gasteiger charge is -2.33. The minimum absolute atomic E-state index is 0.107. The average molecular weight is 396 g/mol. The Kier molecular flexibility index (Phi) is 6.82. The molecule has 1 N–H and O–H groups in total. The number of nitrogens with zero attached hydrogens (tertiary/aromatic N) is 3. The van der Waals surface area contributed by atoms with Crippen molar-refractivity contribution in [2.45, 2.75) is 19.8 Å². The van der Waals surface area contributed by atoms with Crippen molar-refractivity contribution in [3.8, 4) is 5.75 Å². The zero-order valence-corrected chi connectivity index (χ0v) is 17.3. The van der Waals surface area contributed by atoms with Crippen LogP contribution in [0.15, 0.2) is 36.5 Å². The third kappa shape index (κ3) is 5.54. The number of nitrogens with one attached hydrogen (secondary N) is 1. The third-order valence-electron chi connectivity index (χ3n) is 5.09. The number of rotatable bonds is 7. The predicted molar refractivity (Wildman–Crippen MR) is 114 cm³/mol. The molecule has 1 aromatic carbocycles. The molecule has 0 bridgehead atoms. The fourth-order valence-electron chi connectivity index (χ4n) is 3.31. The molecule has 0 aliphatic carbocycles. The molecule has 1 aliphatic heterocycles. The van der Waals surface area contributed by atoms with E-state index in [9.17, 15) is 9.59 Å². The molecule has 2 heterocycles. The molecule has 1 amide bonds. The highest BCUT2D eigenvalue weighted by Crippen LogP contribution is 2.22. The summed E-state index contributed by atoms with van der Waals surface area (Å²) in [6, 6.07) is 9.23. The van der Waals surface area contributed by atoms with Crippen LogP contribution in [0.2, 0.25) is 0 Å². The molecule has 1 aliphatic rings. The molecule has 7 heteroatoms. The second kappa shape index (κ2) is 9.52. The summed E-state index contributed by atoms with van der Waals surface area (Å²) in [5, 5.41) is 2.81. The maximum Gasteiger partial charge on any atom is 0.224 e. The first-order valence-electron chi connectivity index (χ1n) is 9.83. The fraction of sp³-hybridized carbons (Fsp3) is 0.409. The van der Waals surface area contributed by atoms with Crippen molar-refractivity contribution in [2.75, 3.05) is 50.6 Å². The van der Waals surface area contributed by atoms with E-state index < -0.39 is 0 Å². The number of aromatic nitrogens is 1. The number of hydrogen-bond donors (Lipinski definition) is 1. The number of amides is 1. The van der Waals surface area contributed by atoms with Gasteiger partial charge < -0.3 is 19.9 Å². The fourth-order valence-corrected chi connectivity index (χ4v) is 3.31. The summed E-state index contributed by atoms with van der Waals surface area (Å²) >= 11 is 0. The molecule has 0 saturated carbocycles. The number of likely N-dealkylation sites (N-methyl/N-ethyl adjacent to an activating group) is 1. The lowest BCUT2D eigenvalue weighted by atomic mass is 10.0. The van der Waals surface area contributed by atoms with Gasteiger partial charge in [0.15, 0.2) is 5.78 Å². The van der Waals surface area contributed by atoms with Crippen LogP contribution in [0.1, 0.15) is 28.8 Å². The van der Waals surface area contributed by atoms with Crippen molar-refractivity contribution >= 4 is 23.2 Å². The maximum absolute atomic E-state index is 12.5. The molecule has 3 rings (SSSR count). The van der Waals surface area contributed by atoms with E-state index in [2.05, 4.69) is 27.1 Å². The van der Waals surface area contributed by atoms with E-state index in [1.807, 2.05) is 25.1 Å². The van der Waals surface area contributed by atoms with E-state index in [-0.39, 0.29) is 24.5 Å². The van der Waals surface area contributed by atoms with Crippen LogP contribution in [-0.4, -0.2) is 61.9 Å². The lowest BCUT2D eigenvalue weighted by molar-refractivity contribution is -0.116. The summed E-state index contributed by atoms with van der Waals surface area (Å²) in [7, 11) is 3.65. The first-order chi connectivity index (χ1) is 14.0. The summed E-state index contributed by atoms with van der Waals surface area (Å²) < 4.78 is 5.25. The van der Waals surface area contributed by atoms with Gasteiger partial charge in [-0.25, -0.2) is 4.98 Å². The number of carbonyl (C=O) groups is 2. The standard InChI is InChI=1S/C22H28N4O3/c1-16-4-7-20(29-3)18(14-16)19(27)6-9-22(28)24-17-5-8-21(23-15-17)26-12-10-25(2)11-13-26/h4-5,7-8,14-15H,6,9-13H2,1-3H3,(H,24,28). The summed E-state index contributed by atoms with van der Waals surface area (Å²) in [5.41, 5.74) is 2.12. The van der Waals surface area contributed by atoms with Gasteiger partial charge in [0.25, 0.3) is 0 Å². The van der Waals surface area contributed by atoms with Crippen molar-refractivity contribution in [3.05, 3.63) is 47.7 Å². The number of carbonyl (C=O) groups excluding carboxylic acids is 2. The van der Waals surface area contributed by atoms with Gasteiger partial charge in [0.05, 0.1) is 24.6 Å². The van der Waals surface area contributed by atoms with E-state index in [0.717, 1.165) is 37.6 Å². The number of benzene rings is 1. The third-order valence-corrected chi connectivity index (χ3v) is 5.09. The van der Waals surface area contributed by atoms with Crippen molar-refractivity contribution < 1.29 is 14.3 Å². The van der Waals surface area contributed by atoms with Gasteiger partial charge in [-0.05, 0) is 38.2 Å². The number of methoxy groups -OCH3 is 1. The zero-order valence-electron chi connectivity index (χ0n) is 17.3. The quantitative estimate of drug-likeness (QED) is 0.726. The predicted octanol–water partition coefficient (Wildman–Crippen LogP) is 2.75. The molecule has 7 nitrogen and oxygen atoms in total. The van der Waals surface area contributed by atoms with Crippen LogP contribution in [0.3, 0.4) is 0 Å². The Morgan fingerprint density at radius 2 is 1.86 bits per heavy atom. The number of ketones is 1. The summed E-state index contributed by atoms with van der Waals surface area (Å²) in [5.74, 6) is 1.13. The van der Waals surface area contributed by atoms with E-state index in [1.54, 1.807) is 18.3 Å². The highest BCUT2D eigenvalue weighted by molar-refractivity contribution is 6.01. The van der Waals surface area contributed by atoms with Gasteiger partial charge in [0.2, 0.25) is 5.91 Å². The van der Waals surface area contributed by atoms with Crippen molar-refractivity contribution in [1.82, 2.24) is 9.88 Å². The van der Waals surface area contributed by atoms with Crippen LogP contribution in [0.4, 0.5) is 11.5 Å². The Labute approximate surface area is 171 Å². The number of ether oxygens (including phenoxy) is 1. The molecule has 29 heavy (non-hydrogen) atoms. The maximum atomic E-state index is 12.5. The number of piperazine rings is 1. The molecule has 1 fully saturated rings. The Balaban J connectivity index is 1.52. The number of anilines is 2. The SMILES string of the molecule is COc1ccc(C)cc1C(=O)CCC(=O)Nc1ccc(N2CCN(C)CC2)nc1. The van der Waals surface area contributed by atoms with Crippen molar-refractivity contribution in [1.29, 1.82) is 0 Å². The van der Waals surface area contributed by atoms with Gasteiger partial charge >= 0.3 is 0 Å². The lowest BCUT2D eigenvalue weighted by Crippen LogP contribution is -2.44. The van der Waals surface area contributed by atoms with Crippen LogP contribution in [-0.2, 0) is 4.79 Å². The molecule has 0 unspecified atom stereocenters. The van der Waals surface area contributed by atoms with Crippen LogP contribution >= 0.6 is 0 Å². The van der Waals surface area contributed by atoms with Crippen LogP contribution in [0.25, 0.3) is 0 Å². The van der Waals surface area contributed by atoms with E-state index >= 15 is 0 Å². The van der Waals surface area contributed by atoms with Crippen molar-refractivity contribution in [3.63, 3.8) is 0 Å². The van der Waals surface area contributed by atoms with Gasteiger partial charge in [-0.15, -0.1) is 0 Å². The molecular formula is C22H28N4O3. The average Bonchev–Trinajstić information content (AvgIpc) is 2.73. The minimum Gasteiger partial charge on any atom is -0.496 e. The molecule has 1 saturated heterocycles. The zero-order chi connectivity index (χ0) is 20.8. The molecule has 0 atom stereocenters. The first-order valence-corrected chi connectivity index (χ1v) is 9.83. The smallest absolute Gasteiger partial charge is 0.224 e. The van der Waals surface area contributed by atoms with Crippen LogP contribution in [0, 0.1) is 6.92 Å². The molecule has 0 radical (unpaired) electrons. The second-order valence-corrected chi connectivity index (χ2v) is 7.37. The van der Waals surface area contributed by atoms with Crippen molar-refractivity contribution in [2.24, 2.45) is 0 Å². The summed E-state index contributed by atoms with van der Waals surface area (Å²) in [4.78, 5) is 33.7. The molecule has 2 aromatic rings. The number of pyridine rings is 1. The van der Waals surface area contributed by atoms with Gasteiger partial charge in [-0.1, -0.05) is 11.6 Å². The van der Waals surface area contributed by atoms with Crippen LogP contribution in [0.5, 0.6) is 5.75 Å². The first kappa shape index (κ1) is 20.8. The summed E-state index contributed by atoms with van der Waals surface area (Å²) in [6.07, 6.45) is 1.89. The highest BCUT2D eigenvalue weighted by Gasteiger charge is 2.16. The number of aryl methyl sites for hydroxylation is 1. The molecular weight excluding hydrogens is 368 g/mol. The van der Waals surface area contributed by atoms with Gasteiger partial charge in [-0.2, -0.15) is 0 Å². The molecule has 154 valence electrons. The van der Waals surface area contributed by atoms with Gasteiger partial charge in [-0.3, -0.25) is 9.59 Å². The normalized spacial score (nSPS) is 14.5. The Morgan fingerprint density at radius 3 is 2.52 bits per heavy atom. The van der Waals surface area contributed by atoms with Crippen LogP contribution < -0.4 is 15.0 Å². The Morgan fingerprint density at radius 1 is 1.10 bits per heavy atom. The van der Waals surface area contributed by atoms with Gasteiger partial charge in [0.1, 0.15) is 11.6 Å². The second-order valence-electron chi connectivity index (χ2n) is 7.37. The monoisotopic (exact) mass is 396 g/mol. The largest absolute Gasteiger partial charge is 0.496 e. The summed E-state index contributed by atoms with van der Waals surface area (Å²) in [6.45, 7) is 5.83. The van der Waals surface area contributed by atoms with E-state index in [4.69, 9.17) is 4.74 Å². The van der Waals surface area contributed by atoms with E-state index in [1.165, 1.54) is 7.11 Å². The Hall–Kier alpha value is -2.93. The van der Waals surface area contributed by atoms with Gasteiger partial charge in [0, 0.05) is 39.0 Å². The topological polar surface area (TPSA) is 74.8 Å². The Bertz CT molecular complexity index is 859. The minimum atomic E-state index is -0.209. The molecule has 1 aromatic heterocycles.